The molecular formula is C13H19F4NO. The van der Waals surface area contributed by atoms with Crippen LogP contribution in [0.1, 0.15) is 45.4 Å². The van der Waals surface area contributed by atoms with Gasteiger partial charge in [-0.2, -0.15) is 17.6 Å². The third-order valence-electron chi connectivity index (χ3n) is 4.84. The van der Waals surface area contributed by atoms with Crippen LogP contribution in [-0.4, -0.2) is 23.7 Å². The fourth-order valence-electron chi connectivity index (χ4n) is 3.31. The van der Waals surface area contributed by atoms with E-state index in [2.05, 4.69) is 0 Å². The first-order valence-electron chi connectivity index (χ1n) is 6.73. The van der Waals surface area contributed by atoms with Gasteiger partial charge >= 0.3 is 11.8 Å². The molecule has 2 aliphatic rings. The highest BCUT2D eigenvalue weighted by Crippen LogP contribution is 2.77. The van der Waals surface area contributed by atoms with E-state index in [0.717, 1.165) is 0 Å². The van der Waals surface area contributed by atoms with E-state index in [1.165, 1.54) is 0 Å². The predicted octanol–water partition coefficient (Wildman–Crippen LogP) is 3.14. The van der Waals surface area contributed by atoms with Gasteiger partial charge in [0.2, 0.25) is 0 Å². The normalized spacial score (nSPS) is 29.2. The molecule has 2 saturated carbocycles. The van der Waals surface area contributed by atoms with Gasteiger partial charge in [-0.3, -0.25) is 4.79 Å². The van der Waals surface area contributed by atoms with E-state index in [0.29, 0.717) is 25.7 Å². The number of hydrogen-bond acceptors (Lipinski definition) is 2. The van der Waals surface area contributed by atoms with E-state index in [-0.39, 0.29) is 24.5 Å². The predicted molar refractivity (Wildman–Crippen MR) is 62.2 cm³/mol. The van der Waals surface area contributed by atoms with Crippen LogP contribution in [0.4, 0.5) is 17.6 Å². The number of rotatable bonds is 4. The Morgan fingerprint density at radius 3 is 2.05 bits per heavy atom. The van der Waals surface area contributed by atoms with Gasteiger partial charge in [-0.1, -0.05) is 6.92 Å². The van der Waals surface area contributed by atoms with Crippen LogP contribution < -0.4 is 5.73 Å². The van der Waals surface area contributed by atoms with Crippen LogP contribution in [0.15, 0.2) is 0 Å². The molecule has 0 bridgehead atoms. The summed E-state index contributed by atoms with van der Waals surface area (Å²) in [5.74, 6) is -7.77. The van der Waals surface area contributed by atoms with Crippen molar-refractivity contribution in [2.24, 2.45) is 17.1 Å². The molecule has 2 rings (SSSR count). The molecule has 0 aliphatic heterocycles. The minimum absolute atomic E-state index is 0.00308. The van der Waals surface area contributed by atoms with Gasteiger partial charge in [-0.25, -0.2) is 0 Å². The fraction of sp³-hybridized carbons (Fsp3) is 0.923. The van der Waals surface area contributed by atoms with E-state index in [1.54, 1.807) is 6.92 Å². The molecule has 19 heavy (non-hydrogen) atoms. The molecule has 2 nitrogen and oxygen atoms in total. The van der Waals surface area contributed by atoms with Crippen molar-refractivity contribution in [1.82, 2.24) is 0 Å². The van der Waals surface area contributed by atoms with Crippen LogP contribution in [0.3, 0.4) is 0 Å². The lowest BCUT2D eigenvalue weighted by Crippen LogP contribution is -2.34. The van der Waals surface area contributed by atoms with E-state index in [1.807, 2.05) is 0 Å². The fourth-order valence-corrected chi connectivity index (χ4v) is 3.31. The number of nitrogens with two attached hydrogens (primary N) is 1. The molecule has 0 heterocycles. The Hall–Kier alpha value is -0.650. The van der Waals surface area contributed by atoms with Crippen molar-refractivity contribution in [3.8, 4) is 0 Å². The lowest BCUT2D eigenvalue weighted by atomic mass is 9.76. The summed E-state index contributed by atoms with van der Waals surface area (Å²) in [4.78, 5) is 11.4. The number of carbonyl (C=O) groups excluding carboxylic acids is 1. The number of carbonyl (C=O) groups is 1. The molecule has 0 aromatic rings. The summed E-state index contributed by atoms with van der Waals surface area (Å²) in [6.07, 6.45) is 1.01. The summed E-state index contributed by atoms with van der Waals surface area (Å²) in [5, 5.41) is 0. The second-order valence-electron chi connectivity index (χ2n) is 5.84. The third kappa shape index (κ3) is 1.90. The summed E-state index contributed by atoms with van der Waals surface area (Å²) in [7, 11) is 0. The van der Waals surface area contributed by atoms with Crippen LogP contribution in [0.5, 0.6) is 0 Å². The zero-order valence-corrected chi connectivity index (χ0v) is 10.9. The standard InChI is InChI=1S/C13H19F4NO/c1-2-10(19)9(18)7-8-3-5-11(6-4-8)12(14,15)13(11,16)17/h8-9H,2-7,18H2,1H3. The highest BCUT2D eigenvalue weighted by atomic mass is 19.3. The Morgan fingerprint density at radius 1 is 1.21 bits per heavy atom. The molecule has 0 aromatic heterocycles. The van der Waals surface area contributed by atoms with Crippen LogP contribution >= 0.6 is 0 Å². The van der Waals surface area contributed by atoms with Crippen molar-refractivity contribution in [2.75, 3.05) is 0 Å². The zero-order chi connectivity index (χ0) is 14.5. The van der Waals surface area contributed by atoms with Gasteiger partial charge in [-0.15, -0.1) is 0 Å². The molecule has 1 spiro atoms. The largest absolute Gasteiger partial charge is 0.322 e. The smallest absolute Gasteiger partial charge is 0.322 e. The summed E-state index contributed by atoms with van der Waals surface area (Å²) < 4.78 is 52.8. The highest BCUT2D eigenvalue weighted by molar-refractivity contribution is 5.83. The first-order valence-corrected chi connectivity index (χ1v) is 6.73. The van der Waals surface area contributed by atoms with Crippen molar-refractivity contribution < 1.29 is 22.4 Å². The van der Waals surface area contributed by atoms with E-state index < -0.39 is 23.3 Å². The van der Waals surface area contributed by atoms with Crippen molar-refractivity contribution in [2.45, 2.75) is 63.3 Å². The van der Waals surface area contributed by atoms with Crippen molar-refractivity contribution in [1.29, 1.82) is 0 Å². The first-order chi connectivity index (χ1) is 8.69. The van der Waals surface area contributed by atoms with Crippen molar-refractivity contribution >= 4 is 5.78 Å². The SMILES string of the molecule is CCC(=O)C(N)CC1CCC2(CC1)C(F)(F)C2(F)F. The summed E-state index contributed by atoms with van der Waals surface area (Å²) >= 11 is 0. The lowest BCUT2D eigenvalue weighted by Gasteiger charge is -2.29. The maximum atomic E-state index is 13.2. The molecule has 0 saturated heterocycles. The zero-order valence-electron chi connectivity index (χ0n) is 10.9. The molecule has 2 aliphatic carbocycles. The molecule has 2 fully saturated rings. The van der Waals surface area contributed by atoms with Crippen molar-refractivity contribution in [3.63, 3.8) is 0 Å². The number of halogens is 4. The Morgan fingerprint density at radius 2 is 1.68 bits per heavy atom. The second-order valence-corrected chi connectivity index (χ2v) is 5.84. The molecule has 110 valence electrons. The van der Waals surface area contributed by atoms with Crippen LogP contribution in [0.2, 0.25) is 0 Å². The summed E-state index contributed by atoms with van der Waals surface area (Å²) in [6, 6.07) is -0.593. The topological polar surface area (TPSA) is 43.1 Å². The lowest BCUT2D eigenvalue weighted by molar-refractivity contribution is -0.120. The van der Waals surface area contributed by atoms with Gasteiger partial charge < -0.3 is 5.73 Å². The molecular weight excluding hydrogens is 262 g/mol. The van der Waals surface area contributed by atoms with E-state index >= 15 is 0 Å². The molecule has 6 heteroatoms. The van der Waals surface area contributed by atoms with E-state index in [4.69, 9.17) is 5.73 Å². The van der Waals surface area contributed by atoms with Crippen LogP contribution in [0, 0.1) is 11.3 Å². The molecule has 2 N–H and O–H groups in total. The molecule has 1 unspecified atom stereocenters. The Bertz CT molecular complexity index is 359. The van der Waals surface area contributed by atoms with E-state index in [9.17, 15) is 22.4 Å². The average molecular weight is 281 g/mol. The molecule has 0 radical (unpaired) electrons. The molecule has 0 aromatic carbocycles. The Kier molecular flexibility index (Phi) is 3.44. The van der Waals surface area contributed by atoms with Gasteiger partial charge in [0.15, 0.2) is 0 Å². The molecule has 0 amide bonds. The van der Waals surface area contributed by atoms with Crippen LogP contribution in [0.25, 0.3) is 0 Å². The monoisotopic (exact) mass is 281 g/mol. The first kappa shape index (κ1) is 14.8. The molecule has 1 atom stereocenters. The van der Waals surface area contributed by atoms with Gasteiger partial charge in [-0.05, 0) is 38.0 Å². The van der Waals surface area contributed by atoms with Crippen molar-refractivity contribution in [3.05, 3.63) is 0 Å². The maximum Gasteiger partial charge on any atom is 0.322 e. The number of Topliss-reactive ketones (excluding diaryl/α,β-unsaturated/α-hetero) is 1. The Labute approximate surface area is 109 Å². The quantitative estimate of drug-likeness (QED) is 0.804. The van der Waals surface area contributed by atoms with Gasteiger partial charge in [0.1, 0.15) is 11.2 Å². The third-order valence-corrected chi connectivity index (χ3v) is 4.84. The van der Waals surface area contributed by atoms with Gasteiger partial charge in [0.05, 0.1) is 6.04 Å². The number of ketones is 1. The Balaban J connectivity index is 1.89. The highest BCUT2D eigenvalue weighted by Gasteiger charge is 2.95. The minimum atomic E-state index is -3.85. The summed E-state index contributed by atoms with van der Waals surface area (Å²) in [6.45, 7) is 1.71. The minimum Gasteiger partial charge on any atom is -0.322 e. The summed E-state index contributed by atoms with van der Waals surface area (Å²) in [5.41, 5.74) is 3.59. The second kappa shape index (κ2) is 4.43. The number of alkyl halides is 4. The maximum absolute atomic E-state index is 13.2. The number of hydrogen-bond donors (Lipinski definition) is 1. The van der Waals surface area contributed by atoms with Gasteiger partial charge in [0, 0.05) is 6.42 Å². The van der Waals surface area contributed by atoms with Gasteiger partial charge in [0.25, 0.3) is 0 Å². The van der Waals surface area contributed by atoms with Crippen LogP contribution in [-0.2, 0) is 4.79 Å². The average Bonchev–Trinajstić information content (AvgIpc) is 2.69.